The molecule has 0 aliphatic heterocycles. The van der Waals surface area contributed by atoms with E-state index in [1.165, 1.54) is 18.2 Å². The molecule has 3 N–H and O–H groups in total. The van der Waals surface area contributed by atoms with Gasteiger partial charge >= 0.3 is 0 Å². The van der Waals surface area contributed by atoms with E-state index in [1.807, 2.05) is 13.2 Å². The number of carbonyl (C=O) groups is 1. The topological polar surface area (TPSA) is 69.6 Å². The second kappa shape index (κ2) is 6.39. The summed E-state index contributed by atoms with van der Waals surface area (Å²) in [6.45, 7) is 1.99. The zero-order valence-electron chi connectivity index (χ0n) is 9.93. The Morgan fingerprint density at radius 3 is 2.76 bits per heavy atom. The molecule has 5 heteroatoms. The van der Waals surface area contributed by atoms with E-state index in [0.717, 1.165) is 12.2 Å². The van der Waals surface area contributed by atoms with Crippen LogP contribution in [-0.4, -0.2) is 34.2 Å². The number of phenolic OH excluding ortho intramolecular Hbond substituents is 2. The Labute approximate surface area is 105 Å². The highest BCUT2D eigenvalue weighted by Gasteiger charge is 2.15. The van der Waals surface area contributed by atoms with Crippen molar-refractivity contribution in [2.75, 3.05) is 12.0 Å². The molecule has 17 heavy (non-hydrogen) atoms. The quantitative estimate of drug-likeness (QED) is 0.704. The van der Waals surface area contributed by atoms with Gasteiger partial charge in [-0.2, -0.15) is 11.8 Å². The van der Waals surface area contributed by atoms with Crippen molar-refractivity contribution in [1.29, 1.82) is 0 Å². The minimum atomic E-state index is -0.362. The average Bonchev–Trinajstić information content (AvgIpc) is 2.31. The van der Waals surface area contributed by atoms with Gasteiger partial charge in [0.05, 0.1) is 5.56 Å². The second-order valence-electron chi connectivity index (χ2n) is 3.74. The Balaban J connectivity index is 2.78. The van der Waals surface area contributed by atoms with Gasteiger partial charge in [0.25, 0.3) is 5.91 Å². The molecule has 1 unspecified atom stereocenters. The predicted molar refractivity (Wildman–Crippen MR) is 69.7 cm³/mol. The summed E-state index contributed by atoms with van der Waals surface area (Å²) < 4.78 is 0. The van der Waals surface area contributed by atoms with Gasteiger partial charge in [0.2, 0.25) is 0 Å². The van der Waals surface area contributed by atoms with Crippen LogP contribution in [0, 0.1) is 0 Å². The first-order valence-electron chi connectivity index (χ1n) is 5.40. The van der Waals surface area contributed by atoms with Crippen LogP contribution in [0.2, 0.25) is 0 Å². The summed E-state index contributed by atoms with van der Waals surface area (Å²) in [5, 5.41) is 21.7. The summed E-state index contributed by atoms with van der Waals surface area (Å²) in [6, 6.07) is 3.97. The number of hydrogen-bond donors (Lipinski definition) is 3. The molecule has 94 valence electrons. The fourth-order valence-electron chi connectivity index (χ4n) is 1.43. The van der Waals surface area contributed by atoms with Gasteiger partial charge in [0.1, 0.15) is 11.5 Å². The molecule has 0 spiro atoms. The SMILES string of the molecule is CCC(CSC)NC(=O)c1cc(O)ccc1O. The van der Waals surface area contributed by atoms with E-state index in [9.17, 15) is 15.0 Å². The van der Waals surface area contributed by atoms with Crippen molar-refractivity contribution < 1.29 is 15.0 Å². The highest BCUT2D eigenvalue weighted by atomic mass is 32.2. The van der Waals surface area contributed by atoms with Gasteiger partial charge in [-0.1, -0.05) is 6.92 Å². The second-order valence-corrected chi connectivity index (χ2v) is 4.65. The molecular weight excluding hydrogens is 238 g/mol. The zero-order valence-corrected chi connectivity index (χ0v) is 10.8. The van der Waals surface area contributed by atoms with E-state index in [-0.39, 0.29) is 29.0 Å². The molecule has 1 rings (SSSR count). The molecule has 1 aromatic rings. The molecule has 0 bridgehead atoms. The Bertz CT molecular complexity index is 395. The molecule has 0 heterocycles. The minimum absolute atomic E-state index is 0.0362. The third-order valence-electron chi connectivity index (χ3n) is 2.42. The highest BCUT2D eigenvalue weighted by Crippen LogP contribution is 2.22. The van der Waals surface area contributed by atoms with Crippen LogP contribution in [0.15, 0.2) is 18.2 Å². The molecule has 0 fully saturated rings. The van der Waals surface area contributed by atoms with Gasteiger partial charge < -0.3 is 15.5 Å². The predicted octanol–water partition coefficient (Wildman–Crippen LogP) is 1.97. The number of nitrogens with one attached hydrogen (secondary N) is 1. The third-order valence-corrected chi connectivity index (χ3v) is 3.16. The largest absolute Gasteiger partial charge is 0.508 e. The fourth-order valence-corrected chi connectivity index (χ4v) is 2.15. The lowest BCUT2D eigenvalue weighted by Gasteiger charge is -2.16. The maximum absolute atomic E-state index is 11.9. The average molecular weight is 255 g/mol. The molecule has 0 radical (unpaired) electrons. The van der Waals surface area contributed by atoms with E-state index < -0.39 is 0 Å². The molecule has 0 saturated heterocycles. The minimum Gasteiger partial charge on any atom is -0.508 e. The summed E-state index contributed by atoms with van der Waals surface area (Å²) in [7, 11) is 0. The van der Waals surface area contributed by atoms with Crippen LogP contribution in [0.25, 0.3) is 0 Å². The van der Waals surface area contributed by atoms with Crippen LogP contribution in [0.4, 0.5) is 0 Å². The van der Waals surface area contributed by atoms with Crippen LogP contribution < -0.4 is 5.32 Å². The van der Waals surface area contributed by atoms with Crippen LogP contribution in [0.3, 0.4) is 0 Å². The Hall–Kier alpha value is -1.36. The first-order chi connectivity index (χ1) is 8.08. The third kappa shape index (κ3) is 3.85. The van der Waals surface area contributed by atoms with Gasteiger partial charge in [-0.25, -0.2) is 0 Å². The van der Waals surface area contributed by atoms with Crippen molar-refractivity contribution in [3.63, 3.8) is 0 Å². The van der Waals surface area contributed by atoms with Crippen molar-refractivity contribution in [1.82, 2.24) is 5.32 Å². The van der Waals surface area contributed by atoms with Gasteiger partial charge in [-0.15, -0.1) is 0 Å². The van der Waals surface area contributed by atoms with Crippen LogP contribution in [0.5, 0.6) is 11.5 Å². The van der Waals surface area contributed by atoms with E-state index >= 15 is 0 Å². The fraction of sp³-hybridized carbons (Fsp3) is 0.417. The zero-order chi connectivity index (χ0) is 12.8. The van der Waals surface area contributed by atoms with Crippen molar-refractivity contribution in [2.24, 2.45) is 0 Å². The molecule has 1 amide bonds. The van der Waals surface area contributed by atoms with Crippen LogP contribution >= 0.6 is 11.8 Å². The smallest absolute Gasteiger partial charge is 0.255 e. The van der Waals surface area contributed by atoms with Crippen molar-refractivity contribution in [2.45, 2.75) is 19.4 Å². The summed E-state index contributed by atoms with van der Waals surface area (Å²) in [5.74, 6) is 0.298. The lowest BCUT2D eigenvalue weighted by Crippen LogP contribution is -2.36. The lowest BCUT2D eigenvalue weighted by atomic mass is 10.1. The molecule has 0 aromatic heterocycles. The van der Waals surface area contributed by atoms with Gasteiger partial charge in [0, 0.05) is 11.8 Å². The summed E-state index contributed by atoms with van der Waals surface area (Å²) in [4.78, 5) is 11.9. The normalized spacial score (nSPS) is 12.1. The highest BCUT2D eigenvalue weighted by molar-refractivity contribution is 7.98. The lowest BCUT2D eigenvalue weighted by molar-refractivity contribution is 0.0937. The Morgan fingerprint density at radius 2 is 2.18 bits per heavy atom. The maximum atomic E-state index is 11.9. The number of aromatic hydroxyl groups is 2. The number of hydrogen-bond acceptors (Lipinski definition) is 4. The molecule has 0 aliphatic carbocycles. The molecule has 1 atom stereocenters. The van der Waals surface area contributed by atoms with Crippen molar-refractivity contribution in [3.05, 3.63) is 23.8 Å². The molecule has 4 nitrogen and oxygen atoms in total. The number of thioether (sulfide) groups is 1. The molecule has 0 aliphatic rings. The summed E-state index contributed by atoms with van der Waals surface area (Å²) in [5.41, 5.74) is 0.101. The van der Waals surface area contributed by atoms with E-state index in [2.05, 4.69) is 5.32 Å². The standard InChI is InChI=1S/C12H17NO3S/c1-3-8(7-17-2)13-12(16)10-6-9(14)4-5-11(10)15/h4-6,8,14-15H,3,7H2,1-2H3,(H,13,16). The van der Waals surface area contributed by atoms with Crippen molar-refractivity contribution >= 4 is 17.7 Å². The van der Waals surface area contributed by atoms with Gasteiger partial charge in [-0.05, 0) is 30.9 Å². The molecule has 1 aromatic carbocycles. The monoisotopic (exact) mass is 255 g/mol. The number of benzene rings is 1. The van der Waals surface area contributed by atoms with Crippen molar-refractivity contribution in [3.8, 4) is 11.5 Å². The summed E-state index contributed by atoms with van der Waals surface area (Å²) in [6.07, 6.45) is 2.80. The Morgan fingerprint density at radius 1 is 1.47 bits per heavy atom. The molecular formula is C12H17NO3S. The van der Waals surface area contributed by atoms with E-state index in [1.54, 1.807) is 11.8 Å². The van der Waals surface area contributed by atoms with Gasteiger partial charge in [-0.3, -0.25) is 4.79 Å². The first kappa shape index (κ1) is 13.7. The van der Waals surface area contributed by atoms with Crippen LogP contribution in [0.1, 0.15) is 23.7 Å². The van der Waals surface area contributed by atoms with E-state index in [4.69, 9.17) is 0 Å². The first-order valence-corrected chi connectivity index (χ1v) is 6.79. The number of carbonyl (C=O) groups excluding carboxylic acids is 1. The van der Waals surface area contributed by atoms with Crippen LogP contribution in [-0.2, 0) is 0 Å². The number of rotatable bonds is 5. The Kier molecular flexibility index (Phi) is 5.15. The maximum Gasteiger partial charge on any atom is 0.255 e. The number of phenols is 2. The summed E-state index contributed by atoms with van der Waals surface area (Å²) >= 11 is 1.65. The number of amides is 1. The van der Waals surface area contributed by atoms with Gasteiger partial charge in [0.15, 0.2) is 0 Å². The van der Waals surface area contributed by atoms with E-state index in [0.29, 0.717) is 0 Å². The molecule has 0 saturated carbocycles.